The minimum atomic E-state index is -3.61. The molecule has 11 heteroatoms. The van der Waals surface area contributed by atoms with Crippen LogP contribution in [-0.2, 0) is 34.2 Å². The quantitative estimate of drug-likeness (QED) is 0.258. The average Bonchev–Trinajstić information content (AvgIpc) is 2.88. The number of carbonyl (C=O) groups excluding carboxylic acids is 1. The molecule has 3 aromatic rings. The lowest BCUT2D eigenvalue weighted by molar-refractivity contribution is 0.103. The van der Waals surface area contributed by atoms with Gasteiger partial charge in [0.2, 0.25) is 10.0 Å². The number of ketones is 1. The molecule has 1 heterocycles. The van der Waals surface area contributed by atoms with Crippen LogP contribution in [0.2, 0.25) is 0 Å². The third kappa shape index (κ3) is 7.39. The van der Waals surface area contributed by atoms with Gasteiger partial charge in [-0.3, -0.25) is 9.59 Å². The van der Waals surface area contributed by atoms with Gasteiger partial charge < -0.3 is 9.12 Å². The number of benzene rings is 2. The van der Waals surface area contributed by atoms with Crippen molar-refractivity contribution in [3.8, 4) is 11.1 Å². The predicted octanol–water partition coefficient (Wildman–Crippen LogP) is 3.59. The molecule has 0 amide bonds. The van der Waals surface area contributed by atoms with Crippen LogP contribution >= 0.6 is 0 Å². The number of hydrogen-bond acceptors (Lipinski definition) is 6. The molecule has 0 saturated heterocycles. The van der Waals surface area contributed by atoms with Gasteiger partial charge in [-0.1, -0.05) is 25.5 Å². The zero-order chi connectivity index (χ0) is 28.0. The van der Waals surface area contributed by atoms with Crippen molar-refractivity contribution in [2.24, 2.45) is 7.05 Å². The number of aromatic nitrogens is 1. The van der Waals surface area contributed by atoms with Gasteiger partial charge in [0.25, 0.3) is 5.56 Å². The minimum absolute atomic E-state index is 0.251. The second-order valence-electron chi connectivity index (χ2n) is 9.01. The molecule has 0 spiro atoms. The number of pyridine rings is 1. The van der Waals surface area contributed by atoms with Gasteiger partial charge in [-0.15, -0.1) is 4.72 Å². The lowest BCUT2D eigenvalue weighted by Crippen LogP contribution is -2.31. The molecule has 2 N–H and O–H groups in total. The fourth-order valence-corrected chi connectivity index (χ4v) is 5.93. The number of sulfonamides is 1. The number of nitrogens with one attached hydrogen (secondary N) is 2. The molecule has 1 aromatic heterocycles. The fourth-order valence-electron chi connectivity index (χ4n) is 3.97. The Hall–Kier alpha value is -2.83. The lowest BCUT2D eigenvalue weighted by Gasteiger charge is -2.21. The highest BCUT2D eigenvalue weighted by molar-refractivity contribution is 7.89. The summed E-state index contributed by atoms with van der Waals surface area (Å²) in [4.78, 5) is 26.2. The molecular formula is C27H32FN3O5S2. The largest absolute Gasteiger partial charge is 0.598 e. The van der Waals surface area contributed by atoms with Gasteiger partial charge in [-0.05, 0) is 67.4 Å². The number of halogens is 1. The molecule has 8 nitrogen and oxygen atoms in total. The van der Waals surface area contributed by atoms with Crippen molar-refractivity contribution in [3.63, 3.8) is 0 Å². The van der Waals surface area contributed by atoms with E-state index in [2.05, 4.69) is 9.44 Å². The zero-order valence-corrected chi connectivity index (χ0v) is 23.4. The van der Waals surface area contributed by atoms with E-state index in [9.17, 15) is 27.0 Å². The van der Waals surface area contributed by atoms with Crippen molar-refractivity contribution in [3.05, 3.63) is 93.2 Å². The van der Waals surface area contributed by atoms with Crippen molar-refractivity contribution in [2.75, 3.05) is 12.8 Å². The molecule has 204 valence electrons. The molecular weight excluding hydrogens is 529 g/mol. The van der Waals surface area contributed by atoms with E-state index in [-0.39, 0.29) is 22.4 Å². The van der Waals surface area contributed by atoms with E-state index in [1.54, 1.807) is 32.3 Å². The summed E-state index contributed by atoms with van der Waals surface area (Å²) >= 11 is -1.34. The number of nitrogens with zero attached hydrogens (tertiary/aromatic N) is 1. The van der Waals surface area contributed by atoms with Gasteiger partial charge >= 0.3 is 0 Å². The van der Waals surface area contributed by atoms with Gasteiger partial charge in [0.15, 0.2) is 5.78 Å². The normalized spacial score (nSPS) is 13.3. The highest BCUT2D eigenvalue weighted by Gasteiger charge is 2.24. The van der Waals surface area contributed by atoms with Gasteiger partial charge in [0.1, 0.15) is 11.6 Å². The molecule has 0 aliphatic heterocycles. The summed E-state index contributed by atoms with van der Waals surface area (Å²) in [6.07, 6.45) is 3.24. The molecule has 3 rings (SSSR count). The van der Waals surface area contributed by atoms with Crippen molar-refractivity contribution < 1.29 is 22.2 Å². The van der Waals surface area contributed by atoms with E-state index in [0.717, 1.165) is 12.8 Å². The summed E-state index contributed by atoms with van der Waals surface area (Å²) < 4.78 is 57.3. The van der Waals surface area contributed by atoms with Crippen LogP contribution in [0.25, 0.3) is 11.1 Å². The predicted molar refractivity (Wildman–Crippen MR) is 148 cm³/mol. The maximum atomic E-state index is 13.5. The van der Waals surface area contributed by atoms with E-state index in [1.807, 2.05) is 6.92 Å². The van der Waals surface area contributed by atoms with Crippen LogP contribution in [0, 0.1) is 5.82 Å². The summed E-state index contributed by atoms with van der Waals surface area (Å²) in [5.74, 6) is -0.745. The van der Waals surface area contributed by atoms with Crippen molar-refractivity contribution in [1.82, 2.24) is 14.0 Å². The molecule has 2 aromatic carbocycles. The summed E-state index contributed by atoms with van der Waals surface area (Å²) in [5.41, 5.74) is 2.06. The van der Waals surface area contributed by atoms with Crippen molar-refractivity contribution in [2.45, 2.75) is 38.5 Å². The molecule has 0 fully saturated rings. The van der Waals surface area contributed by atoms with Crippen LogP contribution in [0.3, 0.4) is 0 Å². The van der Waals surface area contributed by atoms with E-state index in [0.29, 0.717) is 28.0 Å². The van der Waals surface area contributed by atoms with Gasteiger partial charge in [-0.2, -0.15) is 0 Å². The first-order valence-corrected chi connectivity index (χ1v) is 15.1. The number of rotatable bonds is 12. The van der Waals surface area contributed by atoms with Crippen LogP contribution in [0.1, 0.15) is 59.8 Å². The monoisotopic (exact) mass is 561 g/mol. The summed E-state index contributed by atoms with van der Waals surface area (Å²) in [6.45, 7) is 3.78. The lowest BCUT2D eigenvalue weighted by atomic mass is 9.89. The van der Waals surface area contributed by atoms with Crippen LogP contribution in [0.5, 0.6) is 0 Å². The number of carbonyl (C=O) groups is 1. The highest BCUT2D eigenvalue weighted by Crippen LogP contribution is 2.33. The maximum Gasteiger partial charge on any atom is 0.250 e. The Labute approximate surface area is 225 Å². The SMILES string of the molecule is CCCC[S@+]([O-])N[C@@H](C)c1cc(=O)n(C)cc1-c1cc(CS(=O)(=O)NC)ccc1C(=O)c1ccc(F)cc1. The molecule has 0 bridgehead atoms. The minimum Gasteiger partial charge on any atom is -0.598 e. The summed E-state index contributed by atoms with van der Waals surface area (Å²) in [6, 6.07) is 10.7. The van der Waals surface area contributed by atoms with Gasteiger partial charge in [0, 0.05) is 47.4 Å². The Morgan fingerprint density at radius 2 is 1.82 bits per heavy atom. The summed E-state index contributed by atoms with van der Waals surface area (Å²) in [5, 5.41) is 0. The first-order chi connectivity index (χ1) is 18.0. The van der Waals surface area contributed by atoms with E-state index >= 15 is 0 Å². The Bertz CT molecular complexity index is 1460. The molecule has 0 saturated carbocycles. The first kappa shape index (κ1) is 29.7. The molecule has 0 aliphatic rings. The second kappa shape index (κ2) is 12.8. The molecule has 0 aliphatic carbocycles. The van der Waals surface area contributed by atoms with Gasteiger partial charge in [0.05, 0.1) is 11.8 Å². The maximum absolute atomic E-state index is 13.5. The summed E-state index contributed by atoms with van der Waals surface area (Å²) in [7, 11) is -0.720. The Balaban J connectivity index is 2.21. The Morgan fingerprint density at radius 3 is 2.45 bits per heavy atom. The number of unbranched alkanes of at least 4 members (excludes halogenated alkanes) is 1. The first-order valence-electron chi connectivity index (χ1n) is 12.2. The zero-order valence-electron chi connectivity index (χ0n) is 21.8. The van der Waals surface area contributed by atoms with Gasteiger partial charge in [-0.25, -0.2) is 17.5 Å². The van der Waals surface area contributed by atoms with Crippen molar-refractivity contribution >= 4 is 27.2 Å². The number of hydrogen-bond donors (Lipinski definition) is 2. The number of aryl methyl sites for hydroxylation is 1. The topological polar surface area (TPSA) is 120 Å². The fraction of sp³-hybridized carbons (Fsp3) is 0.333. The van der Waals surface area contributed by atoms with Crippen LogP contribution in [0.15, 0.2) is 59.5 Å². The smallest absolute Gasteiger partial charge is 0.250 e. The third-order valence-electron chi connectivity index (χ3n) is 6.11. The Kier molecular flexibility index (Phi) is 10.0. The molecule has 0 unspecified atom stereocenters. The van der Waals surface area contributed by atoms with Crippen LogP contribution in [-0.4, -0.2) is 36.1 Å². The van der Waals surface area contributed by atoms with Crippen molar-refractivity contribution in [1.29, 1.82) is 0 Å². The van der Waals surface area contributed by atoms with E-state index < -0.39 is 39.0 Å². The highest BCUT2D eigenvalue weighted by atomic mass is 32.2. The molecule has 0 radical (unpaired) electrons. The average molecular weight is 562 g/mol. The molecule has 38 heavy (non-hydrogen) atoms. The van der Waals surface area contributed by atoms with E-state index in [4.69, 9.17) is 0 Å². The third-order valence-corrected chi connectivity index (χ3v) is 8.72. The molecule has 2 atom stereocenters. The van der Waals surface area contributed by atoms with Crippen LogP contribution < -0.4 is 15.0 Å². The standard InChI is InChI=1S/C27H32FN3O5S2/c1-5-6-13-37(34)30-18(2)23-15-26(32)31(4)16-25(23)24-14-19(17-38(35,36)29-3)7-12-22(24)27(33)20-8-10-21(28)11-9-20/h7-12,14-16,18,29-30H,5-6,13,17H2,1-4H3/t18-,37-/m0/s1. The van der Waals surface area contributed by atoms with E-state index in [1.165, 1.54) is 48.0 Å². The Morgan fingerprint density at radius 1 is 1.13 bits per heavy atom. The second-order valence-corrected chi connectivity index (χ2v) is 12.3. The van der Waals surface area contributed by atoms with Crippen LogP contribution in [0.4, 0.5) is 4.39 Å².